The second-order valence-corrected chi connectivity index (χ2v) is 9.93. The Hall–Kier alpha value is -3.55. The molecule has 0 aliphatic carbocycles. The third-order valence-electron chi connectivity index (χ3n) is 6.44. The standard InChI is InChI=1S/C29H29Cl2N3O4/c1-18-6-3-4-7-22(18)27(35)33-21-10-11-23(19(2)16-21)28(36)34-15-5-8-26(38-29(37)32-14-13-30)24-17-20(31)9-12-25(24)34/h3-4,6-7,9-12,16-17,26H,5,8,13-15H2,1-2H3,(H,32,37)(H,33,35). The molecular formula is C29H29Cl2N3O4. The molecule has 1 atom stereocenters. The molecule has 38 heavy (non-hydrogen) atoms. The number of aryl methyl sites for hydroxylation is 2. The first-order valence-corrected chi connectivity index (χ1v) is 13.3. The van der Waals surface area contributed by atoms with Crippen molar-refractivity contribution in [2.45, 2.75) is 32.8 Å². The number of alkyl carbamates (subject to hydrolysis) is 1. The topological polar surface area (TPSA) is 87.7 Å². The van der Waals surface area contributed by atoms with Crippen LogP contribution in [0.15, 0.2) is 60.7 Å². The SMILES string of the molecule is Cc1ccccc1C(=O)Nc1ccc(C(=O)N2CCCC(OC(=O)NCCCl)c3cc(Cl)ccc32)c(C)c1. The smallest absolute Gasteiger partial charge is 0.407 e. The maximum absolute atomic E-state index is 13.8. The van der Waals surface area contributed by atoms with E-state index in [1.54, 1.807) is 47.4 Å². The maximum Gasteiger partial charge on any atom is 0.407 e. The van der Waals surface area contributed by atoms with Gasteiger partial charge in [0.05, 0.1) is 5.69 Å². The van der Waals surface area contributed by atoms with Crippen molar-refractivity contribution in [3.63, 3.8) is 0 Å². The molecule has 0 fully saturated rings. The highest BCUT2D eigenvalue weighted by molar-refractivity contribution is 6.30. The molecule has 0 saturated heterocycles. The number of amides is 3. The van der Waals surface area contributed by atoms with Crippen molar-refractivity contribution in [3.05, 3.63) is 93.5 Å². The van der Waals surface area contributed by atoms with Crippen LogP contribution in [0.5, 0.6) is 0 Å². The van der Waals surface area contributed by atoms with Gasteiger partial charge in [-0.15, -0.1) is 11.6 Å². The van der Waals surface area contributed by atoms with E-state index in [1.165, 1.54) is 0 Å². The molecular weight excluding hydrogens is 525 g/mol. The zero-order valence-corrected chi connectivity index (χ0v) is 22.7. The summed E-state index contributed by atoms with van der Waals surface area (Å²) < 4.78 is 5.66. The number of alkyl halides is 1. The van der Waals surface area contributed by atoms with Crippen molar-refractivity contribution >= 4 is 52.5 Å². The molecule has 198 valence electrons. The Bertz CT molecular complexity index is 1360. The van der Waals surface area contributed by atoms with E-state index in [2.05, 4.69) is 10.6 Å². The molecule has 1 aliphatic heterocycles. The molecule has 7 nitrogen and oxygen atoms in total. The summed E-state index contributed by atoms with van der Waals surface area (Å²) in [4.78, 5) is 40.4. The predicted octanol–water partition coefficient (Wildman–Crippen LogP) is 6.66. The molecule has 0 radical (unpaired) electrons. The molecule has 3 aromatic rings. The fourth-order valence-electron chi connectivity index (χ4n) is 4.55. The minimum Gasteiger partial charge on any atom is -0.441 e. The highest BCUT2D eigenvalue weighted by Crippen LogP contribution is 2.38. The van der Waals surface area contributed by atoms with E-state index in [4.69, 9.17) is 27.9 Å². The van der Waals surface area contributed by atoms with Gasteiger partial charge in [-0.2, -0.15) is 0 Å². The number of hydrogen-bond acceptors (Lipinski definition) is 4. The van der Waals surface area contributed by atoms with Crippen molar-refractivity contribution in [2.75, 3.05) is 29.2 Å². The summed E-state index contributed by atoms with van der Waals surface area (Å²) in [6.07, 6.45) is 0.0288. The zero-order valence-electron chi connectivity index (χ0n) is 21.2. The first kappa shape index (κ1) is 27.5. The number of nitrogens with one attached hydrogen (secondary N) is 2. The van der Waals surface area contributed by atoms with Gasteiger partial charge in [0.2, 0.25) is 0 Å². The number of hydrogen-bond donors (Lipinski definition) is 2. The van der Waals surface area contributed by atoms with Gasteiger partial charge in [0.25, 0.3) is 11.8 Å². The van der Waals surface area contributed by atoms with Crippen molar-refractivity contribution < 1.29 is 19.1 Å². The quantitative estimate of drug-likeness (QED) is 0.334. The highest BCUT2D eigenvalue weighted by Gasteiger charge is 2.30. The minimum atomic E-state index is -0.569. The van der Waals surface area contributed by atoms with Gasteiger partial charge in [0, 0.05) is 46.4 Å². The first-order chi connectivity index (χ1) is 18.3. The van der Waals surface area contributed by atoms with Crippen molar-refractivity contribution in [1.29, 1.82) is 0 Å². The van der Waals surface area contributed by atoms with Gasteiger partial charge in [0.15, 0.2) is 0 Å². The van der Waals surface area contributed by atoms with Crippen LogP contribution < -0.4 is 15.5 Å². The van der Waals surface area contributed by atoms with Crippen LogP contribution in [0.4, 0.5) is 16.2 Å². The van der Waals surface area contributed by atoms with Gasteiger partial charge in [-0.05, 0) is 80.3 Å². The largest absolute Gasteiger partial charge is 0.441 e. The minimum absolute atomic E-state index is 0.185. The van der Waals surface area contributed by atoms with Crippen molar-refractivity contribution in [3.8, 4) is 0 Å². The van der Waals surface area contributed by atoms with Crippen LogP contribution in [0.3, 0.4) is 0 Å². The number of halogens is 2. The van der Waals surface area contributed by atoms with Gasteiger partial charge in [0.1, 0.15) is 6.10 Å². The number of benzene rings is 3. The first-order valence-electron chi connectivity index (χ1n) is 12.4. The summed E-state index contributed by atoms with van der Waals surface area (Å²) in [5, 5.41) is 6.01. The third-order valence-corrected chi connectivity index (χ3v) is 6.86. The Kier molecular flexibility index (Phi) is 8.92. The van der Waals surface area contributed by atoms with E-state index in [-0.39, 0.29) is 17.7 Å². The van der Waals surface area contributed by atoms with E-state index in [9.17, 15) is 14.4 Å². The summed E-state index contributed by atoms with van der Waals surface area (Å²) in [5.74, 6) is -0.117. The van der Waals surface area contributed by atoms with Crippen molar-refractivity contribution in [2.24, 2.45) is 0 Å². The van der Waals surface area contributed by atoms with Crippen LogP contribution in [0.1, 0.15) is 56.4 Å². The highest BCUT2D eigenvalue weighted by atomic mass is 35.5. The molecule has 0 aromatic heterocycles. The lowest BCUT2D eigenvalue weighted by atomic mass is 10.0. The number of carbonyl (C=O) groups is 3. The molecule has 1 heterocycles. The van der Waals surface area contributed by atoms with E-state index >= 15 is 0 Å². The lowest BCUT2D eigenvalue weighted by Gasteiger charge is -2.25. The second kappa shape index (κ2) is 12.3. The average molecular weight is 554 g/mol. The monoisotopic (exact) mass is 553 g/mol. The van der Waals surface area contributed by atoms with Gasteiger partial charge in [-0.25, -0.2) is 4.79 Å². The number of carbonyl (C=O) groups excluding carboxylic acids is 3. The Balaban J connectivity index is 1.57. The van der Waals surface area contributed by atoms with Crippen LogP contribution in [-0.4, -0.2) is 36.9 Å². The summed E-state index contributed by atoms with van der Waals surface area (Å²) in [5.41, 5.74) is 4.63. The molecule has 4 rings (SSSR count). The zero-order chi connectivity index (χ0) is 27.2. The van der Waals surface area contributed by atoms with Gasteiger partial charge in [-0.3, -0.25) is 9.59 Å². The Morgan fingerprint density at radius 2 is 1.79 bits per heavy atom. The molecule has 0 saturated carbocycles. The molecule has 2 N–H and O–H groups in total. The second-order valence-electron chi connectivity index (χ2n) is 9.11. The molecule has 0 spiro atoms. The van der Waals surface area contributed by atoms with E-state index in [0.717, 1.165) is 11.1 Å². The summed E-state index contributed by atoms with van der Waals surface area (Å²) in [7, 11) is 0. The van der Waals surface area contributed by atoms with E-state index in [0.29, 0.717) is 59.0 Å². The summed E-state index contributed by atoms with van der Waals surface area (Å²) in [6, 6.07) is 17.8. The van der Waals surface area contributed by atoms with Crippen molar-refractivity contribution in [1.82, 2.24) is 5.32 Å². The molecule has 1 aliphatic rings. The van der Waals surface area contributed by atoms with Crippen LogP contribution in [0.2, 0.25) is 5.02 Å². The molecule has 3 aromatic carbocycles. The van der Waals surface area contributed by atoms with Crippen LogP contribution in [0, 0.1) is 13.8 Å². The Labute approximate surface area is 232 Å². The fraction of sp³-hybridized carbons (Fsp3) is 0.276. The molecule has 9 heteroatoms. The third kappa shape index (κ3) is 6.29. The van der Waals surface area contributed by atoms with Gasteiger partial charge >= 0.3 is 6.09 Å². The van der Waals surface area contributed by atoms with E-state index < -0.39 is 12.2 Å². The molecule has 3 amide bonds. The Morgan fingerprint density at radius 1 is 1.00 bits per heavy atom. The normalized spacial score (nSPS) is 14.7. The van der Waals surface area contributed by atoms with Crippen LogP contribution in [-0.2, 0) is 4.74 Å². The van der Waals surface area contributed by atoms with Gasteiger partial charge in [-0.1, -0.05) is 29.8 Å². The number of rotatable bonds is 6. The Morgan fingerprint density at radius 3 is 2.53 bits per heavy atom. The average Bonchev–Trinajstić information content (AvgIpc) is 3.06. The maximum atomic E-state index is 13.8. The molecule has 0 bridgehead atoms. The van der Waals surface area contributed by atoms with Crippen LogP contribution in [0.25, 0.3) is 0 Å². The predicted molar refractivity (Wildman–Crippen MR) is 151 cm³/mol. The van der Waals surface area contributed by atoms with Gasteiger partial charge < -0.3 is 20.3 Å². The fourth-order valence-corrected chi connectivity index (χ4v) is 4.82. The number of fused-ring (bicyclic) bond motifs is 1. The summed E-state index contributed by atoms with van der Waals surface area (Å²) in [6.45, 7) is 4.46. The number of ether oxygens (including phenoxy) is 1. The molecule has 1 unspecified atom stereocenters. The lowest BCUT2D eigenvalue weighted by Crippen LogP contribution is -2.32. The van der Waals surface area contributed by atoms with E-state index in [1.807, 2.05) is 32.0 Å². The van der Waals surface area contributed by atoms with Crippen LogP contribution >= 0.6 is 23.2 Å². The summed E-state index contributed by atoms with van der Waals surface area (Å²) >= 11 is 11.9. The number of nitrogens with zero attached hydrogens (tertiary/aromatic N) is 1. The lowest BCUT2D eigenvalue weighted by molar-refractivity contribution is 0.0930. The number of anilines is 2.